The van der Waals surface area contributed by atoms with Crippen molar-refractivity contribution in [3.8, 4) is 11.5 Å². The third-order valence-electron chi connectivity index (χ3n) is 5.88. The van der Waals surface area contributed by atoms with Crippen LogP contribution in [0.5, 0.6) is 11.5 Å². The molecule has 0 aromatic heterocycles. The van der Waals surface area contributed by atoms with Crippen LogP contribution in [-0.2, 0) is 10.8 Å². The molecule has 3 aromatic carbocycles. The second kappa shape index (κ2) is 7.56. The van der Waals surface area contributed by atoms with Gasteiger partial charge < -0.3 is 10.1 Å². The number of fused-ring (bicyclic) bond motifs is 2. The minimum atomic E-state index is -0.259. The van der Waals surface area contributed by atoms with Crippen LogP contribution in [0, 0.1) is 0 Å². The lowest BCUT2D eigenvalue weighted by molar-refractivity contribution is 0.0941. The number of hydrogen-bond donors (Lipinski definition) is 1. The first-order chi connectivity index (χ1) is 14.5. The van der Waals surface area contributed by atoms with E-state index in [0.29, 0.717) is 5.56 Å². The summed E-state index contributed by atoms with van der Waals surface area (Å²) in [4.78, 5) is 13.5. The molecule has 1 aliphatic heterocycles. The highest BCUT2D eigenvalue weighted by molar-refractivity contribution is 5.95. The van der Waals surface area contributed by atoms with Crippen molar-refractivity contribution >= 4 is 5.91 Å². The van der Waals surface area contributed by atoms with Crippen LogP contribution in [0.25, 0.3) is 0 Å². The monoisotopic (exact) mass is 413 g/mol. The van der Waals surface area contributed by atoms with E-state index < -0.39 is 0 Å². The van der Waals surface area contributed by atoms with Gasteiger partial charge in [0.15, 0.2) is 0 Å². The van der Waals surface area contributed by atoms with Crippen molar-refractivity contribution in [3.05, 3.63) is 94.5 Å². The first kappa shape index (κ1) is 21.2. The molecule has 3 nitrogen and oxygen atoms in total. The summed E-state index contributed by atoms with van der Waals surface area (Å²) >= 11 is 0. The molecule has 0 unspecified atom stereocenters. The van der Waals surface area contributed by atoms with Crippen LogP contribution >= 0.6 is 0 Å². The Hall–Kier alpha value is -3.07. The maximum atomic E-state index is 13.5. The quantitative estimate of drug-likeness (QED) is 0.496. The molecule has 31 heavy (non-hydrogen) atoms. The maximum absolute atomic E-state index is 13.5. The third kappa shape index (κ3) is 4.23. The molecule has 0 spiro atoms. The highest BCUT2D eigenvalue weighted by Gasteiger charge is 2.29. The van der Waals surface area contributed by atoms with Gasteiger partial charge in [-0.05, 0) is 46.2 Å². The van der Waals surface area contributed by atoms with E-state index in [-0.39, 0.29) is 22.8 Å². The van der Waals surface area contributed by atoms with Crippen molar-refractivity contribution < 1.29 is 9.53 Å². The predicted molar refractivity (Wildman–Crippen MR) is 126 cm³/mol. The van der Waals surface area contributed by atoms with Crippen LogP contribution in [-0.4, -0.2) is 5.91 Å². The number of carbonyl (C=O) groups excluding carboxylic acids is 1. The van der Waals surface area contributed by atoms with Gasteiger partial charge in [-0.2, -0.15) is 0 Å². The highest BCUT2D eigenvalue weighted by atomic mass is 16.5. The molecule has 3 aromatic rings. The van der Waals surface area contributed by atoms with Gasteiger partial charge in [-0.1, -0.05) is 84.0 Å². The Morgan fingerprint density at radius 2 is 1.19 bits per heavy atom. The average Bonchev–Trinajstić information content (AvgIpc) is 2.72. The van der Waals surface area contributed by atoms with Crippen LogP contribution < -0.4 is 10.1 Å². The molecule has 1 aliphatic rings. The van der Waals surface area contributed by atoms with Gasteiger partial charge in [0, 0.05) is 16.7 Å². The Morgan fingerprint density at radius 1 is 0.742 bits per heavy atom. The normalized spacial score (nSPS) is 13.7. The predicted octanol–water partition coefficient (Wildman–Crippen LogP) is 6.91. The molecule has 160 valence electrons. The van der Waals surface area contributed by atoms with Crippen molar-refractivity contribution in [1.29, 1.82) is 0 Å². The fraction of sp³-hybridized carbons (Fsp3) is 0.321. The van der Waals surface area contributed by atoms with Crippen LogP contribution in [0.15, 0.2) is 66.7 Å². The number of amides is 1. The van der Waals surface area contributed by atoms with Gasteiger partial charge in [0.25, 0.3) is 5.91 Å². The lowest BCUT2D eigenvalue weighted by atomic mass is 9.79. The Bertz CT molecular complexity index is 1050. The molecule has 0 saturated carbocycles. The van der Waals surface area contributed by atoms with E-state index in [0.717, 1.165) is 33.8 Å². The zero-order valence-corrected chi connectivity index (χ0v) is 19.2. The Kier molecular flexibility index (Phi) is 5.17. The van der Waals surface area contributed by atoms with Crippen molar-refractivity contribution in [2.75, 3.05) is 0 Å². The second-order valence-corrected chi connectivity index (χ2v) is 10.4. The van der Waals surface area contributed by atoms with Gasteiger partial charge in [-0.3, -0.25) is 4.79 Å². The summed E-state index contributed by atoms with van der Waals surface area (Å²) in [5, 5.41) is 3.29. The number of rotatable bonds is 2. The molecular weight excluding hydrogens is 382 g/mol. The molecule has 0 fully saturated rings. The minimum absolute atomic E-state index is 0.0475. The number of ether oxygens (including phenoxy) is 1. The molecule has 0 aliphatic carbocycles. The van der Waals surface area contributed by atoms with Crippen molar-refractivity contribution in [2.24, 2.45) is 0 Å². The number of carbonyl (C=O) groups is 1. The molecule has 1 heterocycles. The standard InChI is InChI=1S/C28H31NO2/c1-27(2,3)19-15-18(16-20(17-19)28(4,5)6)26(30)29-25-21-11-7-9-13-23(21)31-24-14-10-8-12-22(24)25/h7-17,25H,1-6H3,(H,29,30). The van der Waals surface area contributed by atoms with Gasteiger partial charge in [0.1, 0.15) is 11.5 Å². The lowest BCUT2D eigenvalue weighted by Gasteiger charge is -2.29. The summed E-state index contributed by atoms with van der Waals surface area (Å²) in [6.45, 7) is 13.1. The van der Waals surface area contributed by atoms with Gasteiger partial charge in [-0.15, -0.1) is 0 Å². The average molecular weight is 414 g/mol. The summed E-state index contributed by atoms with van der Waals surface area (Å²) in [6.07, 6.45) is 0. The van der Waals surface area contributed by atoms with Crippen molar-refractivity contribution in [3.63, 3.8) is 0 Å². The maximum Gasteiger partial charge on any atom is 0.252 e. The van der Waals surface area contributed by atoms with E-state index in [2.05, 4.69) is 52.9 Å². The highest BCUT2D eigenvalue weighted by Crippen LogP contribution is 2.42. The van der Waals surface area contributed by atoms with E-state index in [1.54, 1.807) is 0 Å². The summed E-state index contributed by atoms with van der Waals surface area (Å²) in [7, 11) is 0. The number of benzene rings is 3. The van der Waals surface area contributed by atoms with Gasteiger partial charge in [-0.25, -0.2) is 0 Å². The fourth-order valence-electron chi connectivity index (χ4n) is 3.90. The summed E-state index contributed by atoms with van der Waals surface area (Å²) in [5.41, 5.74) is 4.87. The van der Waals surface area contributed by atoms with Crippen molar-refractivity contribution in [1.82, 2.24) is 5.32 Å². The Morgan fingerprint density at radius 3 is 1.65 bits per heavy atom. The molecule has 0 bridgehead atoms. The van der Waals surface area contributed by atoms with Crippen LogP contribution in [0.3, 0.4) is 0 Å². The van der Waals surface area contributed by atoms with Crippen LogP contribution in [0.2, 0.25) is 0 Å². The second-order valence-electron chi connectivity index (χ2n) is 10.4. The molecule has 1 N–H and O–H groups in total. The number of hydrogen-bond acceptors (Lipinski definition) is 2. The zero-order valence-electron chi connectivity index (χ0n) is 19.2. The summed E-state index contributed by atoms with van der Waals surface area (Å²) in [5.74, 6) is 1.49. The Labute approximate surface area is 185 Å². The minimum Gasteiger partial charge on any atom is -0.457 e. The SMILES string of the molecule is CC(C)(C)c1cc(C(=O)NC2c3ccccc3Oc3ccccc32)cc(C(C)(C)C)c1. The smallest absolute Gasteiger partial charge is 0.252 e. The summed E-state index contributed by atoms with van der Waals surface area (Å²) in [6, 6.07) is 21.8. The third-order valence-corrected chi connectivity index (χ3v) is 5.88. The van der Waals surface area contributed by atoms with Gasteiger partial charge in [0.05, 0.1) is 6.04 Å². The van der Waals surface area contributed by atoms with Crippen LogP contribution in [0.1, 0.15) is 80.2 Å². The van der Waals surface area contributed by atoms with Crippen molar-refractivity contribution in [2.45, 2.75) is 58.4 Å². The first-order valence-corrected chi connectivity index (χ1v) is 10.9. The van der Waals surface area contributed by atoms with E-state index >= 15 is 0 Å². The lowest BCUT2D eigenvalue weighted by Crippen LogP contribution is -2.32. The van der Waals surface area contributed by atoms with E-state index in [1.807, 2.05) is 60.7 Å². The van der Waals surface area contributed by atoms with Gasteiger partial charge in [0.2, 0.25) is 0 Å². The molecule has 4 rings (SSSR count). The summed E-state index contributed by atoms with van der Waals surface area (Å²) < 4.78 is 6.07. The fourth-order valence-corrected chi connectivity index (χ4v) is 3.90. The Balaban J connectivity index is 1.76. The largest absolute Gasteiger partial charge is 0.457 e. The number of nitrogens with one attached hydrogen (secondary N) is 1. The van der Waals surface area contributed by atoms with E-state index in [1.165, 1.54) is 0 Å². The number of para-hydroxylation sites is 2. The van der Waals surface area contributed by atoms with Gasteiger partial charge >= 0.3 is 0 Å². The molecule has 0 atom stereocenters. The van der Waals surface area contributed by atoms with E-state index in [9.17, 15) is 4.79 Å². The molecular formula is C28H31NO2. The molecule has 1 amide bonds. The zero-order chi connectivity index (χ0) is 22.4. The van der Waals surface area contributed by atoms with E-state index in [4.69, 9.17) is 4.74 Å². The topological polar surface area (TPSA) is 38.3 Å². The van der Waals surface area contributed by atoms with Crippen LogP contribution in [0.4, 0.5) is 0 Å². The molecule has 3 heteroatoms. The molecule has 0 saturated heterocycles. The molecule has 0 radical (unpaired) electrons. The first-order valence-electron chi connectivity index (χ1n) is 10.9.